The van der Waals surface area contributed by atoms with Gasteiger partial charge in [-0.2, -0.15) is 0 Å². The van der Waals surface area contributed by atoms with E-state index in [1.807, 2.05) is 25.1 Å². The van der Waals surface area contributed by atoms with Crippen molar-refractivity contribution in [1.82, 2.24) is 4.98 Å². The van der Waals surface area contributed by atoms with E-state index in [2.05, 4.69) is 15.6 Å². The first-order valence-corrected chi connectivity index (χ1v) is 8.82. The second-order valence-electron chi connectivity index (χ2n) is 5.44. The van der Waals surface area contributed by atoms with Crippen LogP contribution in [0.3, 0.4) is 0 Å². The smallest absolute Gasteiger partial charge is 0.291 e. The normalized spacial score (nSPS) is 11.6. The van der Waals surface area contributed by atoms with E-state index in [0.717, 1.165) is 4.90 Å². The lowest BCUT2D eigenvalue weighted by molar-refractivity contribution is -0.115. The van der Waals surface area contributed by atoms with Crippen LogP contribution in [-0.4, -0.2) is 22.0 Å². The van der Waals surface area contributed by atoms with E-state index in [0.29, 0.717) is 11.4 Å². The minimum Gasteiger partial charge on any atom is -0.459 e. The molecule has 0 saturated carbocycles. The Hall–Kier alpha value is -3.06. The van der Waals surface area contributed by atoms with Gasteiger partial charge in [-0.15, -0.1) is 11.8 Å². The van der Waals surface area contributed by atoms with Crippen LogP contribution in [0.1, 0.15) is 17.5 Å². The van der Waals surface area contributed by atoms with E-state index < -0.39 is 0 Å². The second-order valence-corrected chi connectivity index (χ2v) is 6.86. The summed E-state index contributed by atoms with van der Waals surface area (Å²) in [5.74, 6) is -0.181. The van der Waals surface area contributed by atoms with Crippen molar-refractivity contribution in [1.29, 1.82) is 0 Å². The largest absolute Gasteiger partial charge is 0.459 e. The number of pyridine rings is 1. The second kappa shape index (κ2) is 8.35. The number of rotatable bonds is 6. The molecule has 2 heterocycles. The summed E-state index contributed by atoms with van der Waals surface area (Å²) in [6.45, 7) is 1.83. The number of aromatic nitrogens is 1. The summed E-state index contributed by atoms with van der Waals surface area (Å²) < 4.78 is 5.08. The summed E-state index contributed by atoms with van der Waals surface area (Å²) in [5.41, 5.74) is 1.34. The number of furan rings is 1. The van der Waals surface area contributed by atoms with E-state index in [1.165, 1.54) is 18.0 Å². The zero-order chi connectivity index (χ0) is 18.4. The fourth-order valence-corrected chi connectivity index (χ4v) is 3.11. The summed E-state index contributed by atoms with van der Waals surface area (Å²) in [6, 6.07) is 14.1. The third-order valence-electron chi connectivity index (χ3n) is 3.47. The lowest BCUT2D eigenvalue weighted by atomic mass is 10.3. The van der Waals surface area contributed by atoms with Gasteiger partial charge in [0.2, 0.25) is 5.91 Å². The zero-order valence-electron chi connectivity index (χ0n) is 14.0. The number of hydrogen-bond donors (Lipinski definition) is 2. The predicted octanol–water partition coefficient (Wildman–Crippen LogP) is 4.05. The van der Waals surface area contributed by atoms with Crippen molar-refractivity contribution < 1.29 is 14.0 Å². The van der Waals surface area contributed by atoms with Crippen LogP contribution in [0.25, 0.3) is 0 Å². The Morgan fingerprint density at radius 3 is 2.58 bits per heavy atom. The lowest BCUT2D eigenvalue weighted by Gasteiger charge is -2.13. The number of nitrogens with one attached hydrogen (secondary N) is 2. The Balaban J connectivity index is 1.61. The van der Waals surface area contributed by atoms with Gasteiger partial charge in [-0.25, -0.2) is 0 Å². The van der Waals surface area contributed by atoms with Crippen LogP contribution in [0.5, 0.6) is 0 Å². The van der Waals surface area contributed by atoms with Crippen molar-refractivity contribution in [3.8, 4) is 0 Å². The first-order valence-electron chi connectivity index (χ1n) is 7.94. The van der Waals surface area contributed by atoms with Crippen LogP contribution in [0.15, 0.2) is 76.5 Å². The minimum atomic E-state index is -0.319. The highest BCUT2D eigenvalue weighted by Crippen LogP contribution is 2.26. The van der Waals surface area contributed by atoms with Crippen molar-refractivity contribution in [2.75, 3.05) is 10.6 Å². The van der Waals surface area contributed by atoms with Crippen molar-refractivity contribution in [3.63, 3.8) is 0 Å². The molecule has 0 aliphatic heterocycles. The molecule has 0 aliphatic carbocycles. The van der Waals surface area contributed by atoms with Crippen LogP contribution in [-0.2, 0) is 4.79 Å². The third-order valence-corrected chi connectivity index (χ3v) is 4.56. The van der Waals surface area contributed by atoms with Crippen LogP contribution >= 0.6 is 11.8 Å². The Morgan fingerprint density at radius 2 is 1.85 bits per heavy atom. The molecule has 0 radical (unpaired) electrons. The third kappa shape index (κ3) is 4.73. The molecule has 1 atom stereocenters. The average Bonchev–Trinajstić information content (AvgIpc) is 3.17. The van der Waals surface area contributed by atoms with E-state index in [4.69, 9.17) is 4.42 Å². The zero-order valence-corrected chi connectivity index (χ0v) is 14.8. The molecule has 26 heavy (non-hydrogen) atoms. The van der Waals surface area contributed by atoms with Gasteiger partial charge in [0.25, 0.3) is 5.91 Å². The summed E-state index contributed by atoms with van der Waals surface area (Å²) >= 11 is 1.41. The summed E-state index contributed by atoms with van der Waals surface area (Å²) in [4.78, 5) is 29.1. The molecule has 0 spiro atoms. The number of benzene rings is 1. The van der Waals surface area contributed by atoms with Crippen LogP contribution in [0, 0.1) is 0 Å². The van der Waals surface area contributed by atoms with Gasteiger partial charge >= 0.3 is 0 Å². The molecule has 7 heteroatoms. The molecule has 2 aromatic heterocycles. The van der Waals surface area contributed by atoms with Crippen molar-refractivity contribution >= 4 is 35.0 Å². The maximum Gasteiger partial charge on any atom is 0.291 e. The first-order chi connectivity index (χ1) is 12.6. The molecule has 0 saturated heterocycles. The summed E-state index contributed by atoms with van der Waals surface area (Å²) in [5, 5.41) is 5.31. The first kappa shape index (κ1) is 17.8. The molecule has 132 valence electrons. The molecule has 0 fully saturated rings. The van der Waals surface area contributed by atoms with Gasteiger partial charge in [0, 0.05) is 28.7 Å². The van der Waals surface area contributed by atoms with Gasteiger partial charge in [0.1, 0.15) is 0 Å². The molecule has 2 amide bonds. The van der Waals surface area contributed by atoms with Gasteiger partial charge in [0.15, 0.2) is 5.76 Å². The number of anilines is 2. The summed E-state index contributed by atoms with van der Waals surface area (Å²) in [6.07, 6.45) is 4.70. The van der Waals surface area contributed by atoms with Gasteiger partial charge in [-0.05, 0) is 49.4 Å². The highest BCUT2D eigenvalue weighted by atomic mass is 32.2. The molecule has 2 N–H and O–H groups in total. The topological polar surface area (TPSA) is 84.2 Å². The van der Waals surface area contributed by atoms with Crippen molar-refractivity contribution in [2.45, 2.75) is 17.1 Å². The lowest BCUT2D eigenvalue weighted by Crippen LogP contribution is -2.22. The van der Waals surface area contributed by atoms with E-state index in [9.17, 15) is 9.59 Å². The maximum absolute atomic E-state index is 12.3. The van der Waals surface area contributed by atoms with Crippen LogP contribution in [0.4, 0.5) is 11.4 Å². The van der Waals surface area contributed by atoms with Crippen LogP contribution in [0.2, 0.25) is 0 Å². The highest BCUT2D eigenvalue weighted by molar-refractivity contribution is 8.00. The fourth-order valence-electron chi connectivity index (χ4n) is 2.18. The van der Waals surface area contributed by atoms with Crippen molar-refractivity contribution in [3.05, 3.63) is 72.9 Å². The number of nitrogens with zero attached hydrogens (tertiary/aromatic N) is 1. The molecular weight excluding hydrogens is 350 g/mol. The van der Waals surface area contributed by atoms with Crippen LogP contribution < -0.4 is 10.6 Å². The number of amides is 2. The van der Waals surface area contributed by atoms with Crippen molar-refractivity contribution in [2.24, 2.45) is 0 Å². The number of carbonyl (C=O) groups is 2. The SMILES string of the molecule is CC(Sc1cccc(NC(=O)c2ccco2)c1)C(=O)Nc1ccncc1. The Bertz CT molecular complexity index is 882. The fraction of sp³-hybridized carbons (Fsp3) is 0.105. The molecule has 3 aromatic rings. The Labute approximate surface area is 155 Å². The van der Waals surface area contributed by atoms with E-state index in [1.54, 1.807) is 42.7 Å². The molecular formula is C19H17N3O3S. The molecule has 1 unspecified atom stereocenters. The molecule has 6 nitrogen and oxygen atoms in total. The summed E-state index contributed by atoms with van der Waals surface area (Å²) in [7, 11) is 0. The van der Waals surface area contributed by atoms with Gasteiger partial charge in [-0.1, -0.05) is 6.07 Å². The minimum absolute atomic E-state index is 0.105. The van der Waals surface area contributed by atoms with E-state index >= 15 is 0 Å². The Kier molecular flexibility index (Phi) is 5.70. The van der Waals surface area contributed by atoms with Gasteiger partial charge in [-0.3, -0.25) is 14.6 Å². The monoisotopic (exact) mass is 367 g/mol. The van der Waals surface area contributed by atoms with Gasteiger partial charge in [0.05, 0.1) is 11.5 Å². The molecule has 1 aromatic carbocycles. The predicted molar refractivity (Wildman–Crippen MR) is 101 cm³/mol. The molecule has 3 rings (SSSR count). The standard InChI is InChI=1S/C19H17N3O3S/c1-13(18(23)21-14-7-9-20-10-8-14)26-16-5-2-4-15(12-16)22-19(24)17-6-3-11-25-17/h2-13H,1H3,(H,22,24)(H,20,21,23). The van der Waals surface area contributed by atoms with E-state index in [-0.39, 0.29) is 22.8 Å². The molecule has 0 bridgehead atoms. The number of carbonyl (C=O) groups excluding carboxylic acids is 2. The molecule has 0 aliphatic rings. The quantitative estimate of drug-likeness (QED) is 0.642. The Morgan fingerprint density at radius 1 is 1.04 bits per heavy atom. The van der Waals surface area contributed by atoms with Gasteiger partial charge < -0.3 is 15.1 Å². The highest BCUT2D eigenvalue weighted by Gasteiger charge is 2.15. The number of hydrogen-bond acceptors (Lipinski definition) is 5. The average molecular weight is 367 g/mol. The number of thioether (sulfide) groups is 1. The maximum atomic E-state index is 12.3.